The van der Waals surface area contributed by atoms with Crippen molar-refractivity contribution in [1.82, 2.24) is 9.62 Å². The van der Waals surface area contributed by atoms with Crippen LogP contribution in [0.4, 0.5) is 0 Å². The maximum Gasteiger partial charge on any atom is 0.243 e. The van der Waals surface area contributed by atoms with Crippen molar-refractivity contribution in [2.45, 2.75) is 30.7 Å². The molecule has 1 heterocycles. The maximum absolute atomic E-state index is 12.6. The summed E-state index contributed by atoms with van der Waals surface area (Å²) in [5.41, 5.74) is 0. The van der Waals surface area contributed by atoms with Crippen LogP contribution in [-0.2, 0) is 14.8 Å². The summed E-state index contributed by atoms with van der Waals surface area (Å²) in [6.45, 7) is 2.67. The van der Waals surface area contributed by atoms with Crippen LogP contribution in [0.1, 0.15) is 19.8 Å². The molecule has 0 aliphatic carbocycles. The summed E-state index contributed by atoms with van der Waals surface area (Å²) in [6, 6.07) is 5.38. The maximum atomic E-state index is 12.6. The second kappa shape index (κ2) is 6.11. The van der Waals surface area contributed by atoms with Gasteiger partial charge in [0.2, 0.25) is 15.9 Å². The quantitative estimate of drug-likeness (QED) is 0.918. The molecule has 7 heteroatoms. The number of benzene rings is 1. The van der Waals surface area contributed by atoms with Gasteiger partial charge >= 0.3 is 0 Å². The minimum atomic E-state index is -3.65. The molecule has 0 radical (unpaired) electrons. The van der Waals surface area contributed by atoms with E-state index in [1.165, 1.54) is 28.6 Å². The van der Waals surface area contributed by atoms with Crippen LogP contribution in [0.25, 0.3) is 0 Å². The predicted molar refractivity (Wildman–Crippen MR) is 77.0 cm³/mol. The molecular formula is C13H17ClN2O3S. The summed E-state index contributed by atoms with van der Waals surface area (Å²) in [6.07, 6.45) is 1.24. The first-order chi connectivity index (χ1) is 9.46. The average molecular weight is 317 g/mol. The number of sulfonamides is 1. The lowest BCUT2D eigenvalue weighted by molar-refractivity contribution is -0.124. The Morgan fingerprint density at radius 3 is 2.65 bits per heavy atom. The summed E-state index contributed by atoms with van der Waals surface area (Å²) in [7, 11) is -3.65. The minimum Gasteiger partial charge on any atom is -0.355 e. The third kappa shape index (κ3) is 2.97. The minimum absolute atomic E-state index is 0.165. The molecule has 1 N–H and O–H groups in total. The Labute approximate surface area is 124 Å². The van der Waals surface area contributed by atoms with Crippen LogP contribution in [0, 0.1) is 0 Å². The van der Waals surface area contributed by atoms with Crippen LogP contribution in [0.5, 0.6) is 0 Å². The van der Waals surface area contributed by atoms with Gasteiger partial charge in [0, 0.05) is 18.1 Å². The number of carbonyl (C=O) groups is 1. The van der Waals surface area contributed by atoms with E-state index >= 15 is 0 Å². The van der Waals surface area contributed by atoms with Gasteiger partial charge in [-0.05, 0) is 44.0 Å². The van der Waals surface area contributed by atoms with E-state index in [-0.39, 0.29) is 10.8 Å². The van der Waals surface area contributed by atoms with Crippen molar-refractivity contribution in [1.29, 1.82) is 0 Å². The molecule has 0 saturated carbocycles. The molecule has 1 aromatic carbocycles. The number of carbonyl (C=O) groups excluding carboxylic acids is 1. The van der Waals surface area contributed by atoms with Gasteiger partial charge in [-0.2, -0.15) is 4.31 Å². The zero-order valence-electron chi connectivity index (χ0n) is 11.2. The molecule has 0 aromatic heterocycles. The molecule has 1 saturated heterocycles. The number of likely N-dealkylation sites (N-methyl/N-ethyl adjacent to an activating group) is 1. The molecular weight excluding hydrogens is 300 g/mol. The predicted octanol–water partition coefficient (Wildman–Crippen LogP) is 1.63. The van der Waals surface area contributed by atoms with Crippen LogP contribution in [0.3, 0.4) is 0 Å². The van der Waals surface area contributed by atoms with E-state index in [2.05, 4.69) is 5.32 Å². The van der Waals surface area contributed by atoms with Gasteiger partial charge in [0.05, 0.1) is 4.90 Å². The Bertz CT molecular complexity index is 586. The fourth-order valence-electron chi connectivity index (χ4n) is 2.32. The normalized spacial score (nSPS) is 20.0. The summed E-state index contributed by atoms with van der Waals surface area (Å²) >= 11 is 5.77. The fraction of sp³-hybridized carbons (Fsp3) is 0.462. The van der Waals surface area contributed by atoms with Crippen molar-refractivity contribution >= 4 is 27.5 Å². The standard InChI is InChI=1S/C13H17ClN2O3S/c1-2-15-13(17)12-4-3-9-16(12)20(18,19)11-7-5-10(14)6-8-11/h5-8,12H,2-4,9H2,1H3,(H,15,17)/t12-/m1/s1. The Morgan fingerprint density at radius 2 is 2.05 bits per heavy atom. The molecule has 0 spiro atoms. The van der Waals surface area contributed by atoms with E-state index in [1.54, 1.807) is 0 Å². The first-order valence-electron chi connectivity index (χ1n) is 6.52. The molecule has 1 amide bonds. The highest BCUT2D eigenvalue weighted by atomic mass is 35.5. The number of amides is 1. The van der Waals surface area contributed by atoms with Gasteiger partial charge in [-0.25, -0.2) is 8.42 Å². The van der Waals surface area contributed by atoms with E-state index in [1.807, 2.05) is 6.92 Å². The summed E-state index contributed by atoms with van der Waals surface area (Å²) < 4.78 is 26.4. The molecule has 1 fully saturated rings. The number of nitrogens with one attached hydrogen (secondary N) is 1. The third-order valence-corrected chi connectivity index (χ3v) is 5.45. The van der Waals surface area contributed by atoms with E-state index in [9.17, 15) is 13.2 Å². The van der Waals surface area contributed by atoms with Gasteiger partial charge < -0.3 is 5.32 Å². The molecule has 2 rings (SSSR count). The second-order valence-corrected chi connectivity index (χ2v) is 6.95. The van der Waals surface area contributed by atoms with Crippen molar-refractivity contribution in [3.63, 3.8) is 0 Å². The van der Waals surface area contributed by atoms with Gasteiger partial charge in [0.25, 0.3) is 0 Å². The number of hydrogen-bond donors (Lipinski definition) is 1. The molecule has 20 heavy (non-hydrogen) atoms. The van der Waals surface area contributed by atoms with Crippen LogP contribution in [0.2, 0.25) is 5.02 Å². The Balaban J connectivity index is 2.28. The van der Waals surface area contributed by atoms with Crippen LogP contribution in [-0.4, -0.2) is 37.8 Å². The Kier molecular flexibility index (Phi) is 4.67. The third-order valence-electron chi connectivity index (χ3n) is 3.28. The number of nitrogens with zero attached hydrogens (tertiary/aromatic N) is 1. The summed E-state index contributed by atoms with van der Waals surface area (Å²) in [4.78, 5) is 12.1. The molecule has 5 nitrogen and oxygen atoms in total. The first kappa shape index (κ1) is 15.3. The highest BCUT2D eigenvalue weighted by Gasteiger charge is 2.39. The van der Waals surface area contributed by atoms with Crippen LogP contribution >= 0.6 is 11.6 Å². The van der Waals surface area contributed by atoms with Crippen molar-refractivity contribution in [3.8, 4) is 0 Å². The number of hydrogen-bond acceptors (Lipinski definition) is 3. The van der Waals surface area contributed by atoms with Gasteiger partial charge in [0.1, 0.15) is 6.04 Å². The summed E-state index contributed by atoms with van der Waals surface area (Å²) in [5.74, 6) is -0.234. The number of rotatable bonds is 4. The average Bonchev–Trinajstić information content (AvgIpc) is 2.89. The molecule has 1 aromatic rings. The zero-order chi connectivity index (χ0) is 14.8. The summed E-state index contributed by atoms with van der Waals surface area (Å²) in [5, 5.41) is 3.16. The SMILES string of the molecule is CCNC(=O)[C@H]1CCCN1S(=O)(=O)c1ccc(Cl)cc1. The lowest BCUT2D eigenvalue weighted by atomic mass is 10.2. The van der Waals surface area contributed by atoms with E-state index in [0.29, 0.717) is 31.0 Å². The highest BCUT2D eigenvalue weighted by Crippen LogP contribution is 2.26. The highest BCUT2D eigenvalue weighted by molar-refractivity contribution is 7.89. The molecule has 0 bridgehead atoms. The molecule has 0 unspecified atom stereocenters. The van der Waals surface area contributed by atoms with Crippen molar-refractivity contribution in [3.05, 3.63) is 29.3 Å². The second-order valence-electron chi connectivity index (χ2n) is 4.62. The van der Waals surface area contributed by atoms with E-state index in [0.717, 1.165) is 0 Å². The molecule has 110 valence electrons. The first-order valence-corrected chi connectivity index (χ1v) is 8.33. The molecule has 1 atom stereocenters. The lowest BCUT2D eigenvalue weighted by Gasteiger charge is -2.23. The van der Waals surface area contributed by atoms with Gasteiger partial charge in [-0.1, -0.05) is 11.6 Å². The van der Waals surface area contributed by atoms with Gasteiger partial charge in [0.15, 0.2) is 0 Å². The van der Waals surface area contributed by atoms with Crippen molar-refractivity contribution < 1.29 is 13.2 Å². The zero-order valence-corrected chi connectivity index (χ0v) is 12.7. The van der Waals surface area contributed by atoms with Crippen LogP contribution in [0.15, 0.2) is 29.2 Å². The topological polar surface area (TPSA) is 66.5 Å². The monoisotopic (exact) mass is 316 g/mol. The van der Waals surface area contributed by atoms with Crippen molar-refractivity contribution in [2.24, 2.45) is 0 Å². The van der Waals surface area contributed by atoms with Crippen molar-refractivity contribution in [2.75, 3.05) is 13.1 Å². The Morgan fingerprint density at radius 1 is 1.40 bits per heavy atom. The van der Waals surface area contributed by atoms with Crippen LogP contribution < -0.4 is 5.32 Å². The van der Waals surface area contributed by atoms with E-state index in [4.69, 9.17) is 11.6 Å². The lowest BCUT2D eigenvalue weighted by Crippen LogP contribution is -2.45. The molecule has 1 aliphatic rings. The Hall–Kier alpha value is -1.11. The van der Waals surface area contributed by atoms with Gasteiger partial charge in [-0.3, -0.25) is 4.79 Å². The van der Waals surface area contributed by atoms with Gasteiger partial charge in [-0.15, -0.1) is 0 Å². The fourth-order valence-corrected chi connectivity index (χ4v) is 4.11. The smallest absolute Gasteiger partial charge is 0.243 e. The molecule has 1 aliphatic heterocycles. The van der Waals surface area contributed by atoms with E-state index < -0.39 is 16.1 Å². The number of halogens is 1. The largest absolute Gasteiger partial charge is 0.355 e.